The summed E-state index contributed by atoms with van der Waals surface area (Å²) in [6.45, 7) is 12.7. The van der Waals surface area contributed by atoms with Crippen LogP contribution in [0.2, 0.25) is 0 Å². The monoisotopic (exact) mass is 705 g/mol. The number of ether oxygens (including phenoxy) is 1. The van der Waals surface area contributed by atoms with Gasteiger partial charge in [0.1, 0.15) is 0 Å². The van der Waals surface area contributed by atoms with Crippen LogP contribution in [0.3, 0.4) is 0 Å². The molecule has 9 heteroatoms. The molecule has 1 aromatic rings. The first-order valence-corrected chi connectivity index (χ1v) is 19.2. The Kier molecular flexibility index (Phi) is 7.31. The molecule has 2 N–H and O–H groups in total. The second-order valence-electron chi connectivity index (χ2n) is 18.7. The maximum Gasteiger partial charge on any atom is 0.313 e. The fourth-order valence-electron chi connectivity index (χ4n) is 13.2. The van der Waals surface area contributed by atoms with E-state index in [4.69, 9.17) is 4.74 Å². The maximum atomic E-state index is 14.7. The highest BCUT2D eigenvalue weighted by Gasteiger charge is 2.78. The highest BCUT2D eigenvalue weighted by Crippen LogP contribution is 2.78. The zero-order chi connectivity index (χ0) is 36.8. The molecule has 7 aliphatic carbocycles. The summed E-state index contributed by atoms with van der Waals surface area (Å²) >= 11 is 0. The van der Waals surface area contributed by atoms with E-state index < -0.39 is 56.0 Å². The Labute approximate surface area is 299 Å². The van der Waals surface area contributed by atoms with E-state index >= 15 is 0 Å². The summed E-state index contributed by atoms with van der Waals surface area (Å²) in [6.07, 6.45) is 12.0. The highest BCUT2D eigenvalue weighted by atomic mass is 19.2. The molecule has 8 aliphatic rings. The zero-order valence-corrected chi connectivity index (χ0v) is 30.9. The van der Waals surface area contributed by atoms with Gasteiger partial charge in [-0.25, -0.2) is 8.78 Å². The standard InChI is InChI=1S/C42H53F2NO6/c1-7-20-45(33(48)42-19-16-38(6,34(49)51-42)35(42,2)3)24-40(50)15-12-31-37(40,5)14-11-30-36(4)13-10-26(46)22-39(36)17-18-41(30,31)27(23-39)32(47)25-8-9-28(43)29(44)21-25/h8-9,17-18,21,23,26,30-31,46,50H,7,10-16,19-20,22,24H2,1-6H3. The molecule has 2 spiro atoms. The second kappa shape index (κ2) is 10.6. The van der Waals surface area contributed by atoms with Gasteiger partial charge in [-0.3, -0.25) is 14.4 Å². The van der Waals surface area contributed by atoms with Crippen molar-refractivity contribution in [1.82, 2.24) is 4.90 Å². The molecule has 9 rings (SSSR count). The summed E-state index contributed by atoms with van der Waals surface area (Å²) in [5, 5.41) is 24.0. The van der Waals surface area contributed by atoms with Crippen LogP contribution >= 0.6 is 0 Å². The number of nitrogens with zero attached hydrogens (tertiary/aromatic N) is 1. The topological polar surface area (TPSA) is 104 Å². The number of carbonyl (C=O) groups excluding carboxylic acids is 3. The Morgan fingerprint density at radius 2 is 1.61 bits per heavy atom. The maximum absolute atomic E-state index is 14.7. The van der Waals surface area contributed by atoms with Crippen LogP contribution in [0.15, 0.2) is 42.0 Å². The molecular formula is C42H53F2NO6. The molecule has 10 atom stereocenters. The Balaban J connectivity index is 1.20. The molecule has 1 heterocycles. The second-order valence-corrected chi connectivity index (χ2v) is 18.7. The lowest BCUT2D eigenvalue weighted by molar-refractivity contribution is -0.187. The minimum absolute atomic E-state index is 0.0271. The van der Waals surface area contributed by atoms with Crippen LogP contribution in [-0.2, 0) is 14.3 Å². The third kappa shape index (κ3) is 3.98. The normalized spacial score (nSPS) is 45.5. The summed E-state index contributed by atoms with van der Waals surface area (Å²) < 4.78 is 34.7. The third-order valence-electron chi connectivity index (χ3n) is 16.8. The van der Waals surface area contributed by atoms with Crippen molar-refractivity contribution in [2.75, 3.05) is 13.1 Å². The first kappa shape index (κ1) is 35.1. The molecule has 0 radical (unpaired) electrons. The summed E-state index contributed by atoms with van der Waals surface area (Å²) in [6, 6.07) is 3.32. The molecule has 5 fully saturated rings. The number of aliphatic hydroxyl groups excluding tert-OH is 1. The van der Waals surface area contributed by atoms with Gasteiger partial charge in [0, 0.05) is 39.3 Å². The molecule has 10 unspecified atom stereocenters. The summed E-state index contributed by atoms with van der Waals surface area (Å²) in [5.74, 6) is -3.17. The number of halogens is 2. The number of carbonyl (C=O) groups is 3. The fourth-order valence-corrected chi connectivity index (χ4v) is 13.2. The van der Waals surface area contributed by atoms with Gasteiger partial charge in [-0.15, -0.1) is 0 Å². The van der Waals surface area contributed by atoms with Crippen LogP contribution < -0.4 is 0 Å². The van der Waals surface area contributed by atoms with Gasteiger partial charge in [0.05, 0.1) is 23.7 Å². The number of fused-ring (bicyclic) bond motifs is 3. The Hall–Kier alpha value is -2.91. The van der Waals surface area contributed by atoms with Crippen LogP contribution in [0, 0.1) is 56.0 Å². The molecule has 7 nitrogen and oxygen atoms in total. The lowest BCUT2D eigenvalue weighted by Crippen LogP contribution is -2.68. The molecule has 1 aromatic carbocycles. The van der Waals surface area contributed by atoms with E-state index in [1.165, 1.54) is 6.07 Å². The number of hydrogen-bond donors (Lipinski definition) is 2. The molecule has 276 valence electrons. The number of ketones is 1. The van der Waals surface area contributed by atoms with Gasteiger partial charge in [-0.2, -0.15) is 0 Å². The van der Waals surface area contributed by atoms with E-state index in [0.29, 0.717) is 63.5 Å². The first-order valence-electron chi connectivity index (χ1n) is 19.2. The van der Waals surface area contributed by atoms with Crippen molar-refractivity contribution in [1.29, 1.82) is 0 Å². The van der Waals surface area contributed by atoms with Gasteiger partial charge in [-0.1, -0.05) is 52.8 Å². The lowest BCUT2D eigenvalue weighted by atomic mass is 9.32. The molecule has 1 saturated heterocycles. The largest absolute Gasteiger partial charge is 0.448 e. The summed E-state index contributed by atoms with van der Waals surface area (Å²) in [7, 11) is 0. The number of benzene rings is 1. The minimum atomic E-state index is -1.30. The van der Waals surface area contributed by atoms with E-state index in [0.717, 1.165) is 25.0 Å². The van der Waals surface area contributed by atoms with Crippen molar-refractivity contribution in [2.45, 2.75) is 123 Å². The number of aliphatic hydroxyl groups is 2. The molecule has 4 saturated carbocycles. The van der Waals surface area contributed by atoms with E-state index in [9.17, 15) is 33.4 Å². The van der Waals surface area contributed by atoms with Crippen LogP contribution in [0.25, 0.3) is 0 Å². The highest BCUT2D eigenvalue weighted by molar-refractivity contribution is 6.10. The number of allylic oxidation sites excluding steroid dienone is 4. The average Bonchev–Trinajstić information content (AvgIpc) is 3.53. The first-order chi connectivity index (χ1) is 23.8. The van der Waals surface area contributed by atoms with E-state index in [1.54, 1.807) is 4.90 Å². The van der Waals surface area contributed by atoms with Crippen molar-refractivity contribution in [3.05, 3.63) is 59.2 Å². The summed E-state index contributed by atoms with van der Waals surface area (Å²) in [4.78, 5) is 44.3. The van der Waals surface area contributed by atoms with Gasteiger partial charge in [0.25, 0.3) is 5.91 Å². The van der Waals surface area contributed by atoms with Gasteiger partial charge in [-0.05, 0) is 107 Å². The predicted molar refractivity (Wildman–Crippen MR) is 186 cm³/mol. The van der Waals surface area contributed by atoms with Crippen molar-refractivity contribution >= 4 is 17.7 Å². The zero-order valence-electron chi connectivity index (χ0n) is 30.9. The molecule has 1 aliphatic heterocycles. The van der Waals surface area contributed by atoms with Crippen LogP contribution in [0.1, 0.15) is 116 Å². The van der Waals surface area contributed by atoms with Gasteiger partial charge >= 0.3 is 5.97 Å². The number of Topliss-reactive ketones (excluding diaryl/α,β-unsaturated/α-hetero) is 1. The molecular weight excluding hydrogens is 652 g/mol. The van der Waals surface area contributed by atoms with Crippen LogP contribution in [-0.4, -0.2) is 63.2 Å². The predicted octanol–water partition coefficient (Wildman–Crippen LogP) is 7.10. The number of amides is 1. The van der Waals surface area contributed by atoms with Crippen molar-refractivity contribution in [3.63, 3.8) is 0 Å². The quantitative estimate of drug-likeness (QED) is 0.178. The minimum Gasteiger partial charge on any atom is -0.448 e. The fraction of sp³-hybridized carbons (Fsp3) is 0.690. The average molecular weight is 706 g/mol. The molecule has 4 bridgehead atoms. The van der Waals surface area contributed by atoms with E-state index in [1.807, 2.05) is 27.7 Å². The SMILES string of the molecule is CCCN(CC1(O)CCC2C34C=CC5(C=C3C(=O)c3ccc(F)c(F)c3)CC(O)CCC5(C)C4CCC21C)C(=O)C12CCC(C)(C(=O)O1)C2(C)C. The van der Waals surface area contributed by atoms with E-state index in [-0.39, 0.29) is 47.0 Å². The van der Waals surface area contributed by atoms with Crippen LogP contribution in [0.4, 0.5) is 8.78 Å². The number of hydrogen-bond acceptors (Lipinski definition) is 6. The number of esters is 1. The van der Waals surface area contributed by atoms with Crippen molar-refractivity contribution in [3.8, 4) is 0 Å². The summed E-state index contributed by atoms with van der Waals surface area (Å²) in [5.41, 5.74) is -5.72. The number of rotatable bonds is 7. The van der Waals surface area contributed by atoms with Crippen molar-refractivity contribution in [2.24, 2.45) is 44.3 Å². The van der Waals surface area contributed by atoms with Gasteiger partial charge < -0.3 is 19.8 Å². The third-order valence-corrected chi connectivity index (χ3v) is 16.8. The van der Waals surface area contributed by atoms with Crippen LogP contribution in [0.5, 0.6) is 0 Å². The van der Waals surface area contributed by atoms with Gasteiger partial charge in [0.15, 0.2) is 23.0 Å². The molecule has 1 amide bonds. The van der Waals surface area contributed by atoms with Gasteiger partial charge in [0.2, 0.25) is 0 Å². The van der Waals surface area contributed by atoms with E-state index in [2.05, 4.69) is 32.1 Å². The smallest absolute Gasteiger partial charge is 0.313 e. The Morgan fingerprint density at radius 3 is 2.25 bits per heavy atom. The Morgan fingerprint density at radius 1 is 0.922 bits per heavy atom. The van der Waals surface area contributed by atoms with Crippen molar-refractivity contribution < 1.29 is 38.1 Å². The Bertz CT molecular complexity index is 1810. The molecule has 51 heavy (non-hydrogen) atoms. The lowest BCUT2D eigenvalue weighted by Gasteiger charge is -2.71. The molecule has 0 aromatic heterocycles.